The van der Waals surface area contributed by atoms with Crippen molar-refractivity contribution in [3.8, 4) is 0 Å². The molecule has 2 unspecified atom stereocenters. The quantitative estimate of drug-likeness (QED) is 0.317. The predicted octanol–water partition coefficient (Wildman–Crippen LogP) is 4.73. The van der Waals surface area contributed by atoms with Crippen LogP contribution in [0.3, 0.4) is 0 Å². The van der Waals surface area contributed by atoms with Gasteiger partial charge < -0.3 is 14.9 Å². The van der Waals surface area contributed by atoms with Crippen LogP contribution in [0.1, 0.15) is 21.5 Å². The maximum absolute atomic E-state index is 13.0. The molecule has 3 rings (SSSR count). The van der Waals surface area contributed by atoms with Crippen LogP contribution in [0.15, 0.2) is 71.6 Å². The number of carboxylic acid groups (broad SMARTS) is 1. The van der Waals surface area contributed by atoms with Crippen LogP contribution >= 0.6 is 31.4 Å². The highest BCUT2D eigenvalue weighted by molar-refractivity contribution is 7.90. The minimum atomic E-state index is -3.47. The summed E-state index contributed by atoms with van der Waals surface area (Å²) in [6.45, 7) is 0. The third-order valence-corrected chi connectivity index (χ3v) is 9.22. The Balaban J connectivity index is 1.74. The van der Waals surface area contributed by atoms with Crippen molar-refractivity contribution in [2.75, 3.05) is 19.5 Å². The second-order valence-electron chi connectivity index (χ2n) is 8.29. The molecule has 0 radical (unpaired) electrons. The van der Waals surface area contributed by atoms with Gasteiger partial charge in [0, 0.05) is 31.3 Å². The van der Waals surface area contributed by atoms with E-state index < -0.39 is 35.9 Å². The molecule has 0 saturated carbocycles. The molecule has 0 spiro atoms. The SMILES string of the molecule is COP(CCc1cc(Cl)c(C(=O)NC(Cc2cccc(S(C)(=O)=O)c2)C(=O)O)c(Cl)c1)c1ccccc1. The van der Waals surface area contributed by atoms with Crippen molar-refractivity contribution < 1.29 is 27.6 Å². The molecule has 2 atom stereocenters. The molecule has 3 aromatic rings. The smallest absolute Gasteiger partial charge is 0.326 e. The molecule has 37 heavy (non-hydrogen) atoms. The fraction of sp³-hybridized carbons (Fsp3) is 0.231. The summed E-state index contributed by atoms with van der Waals surface area (Å²) < 4.78 is 29.3. The number of nitrogens with one attached hydrogen (secondary N) is 1. The van der Waals surface area contributed by atoms with Crippen LogP contribution in [0.2, 0.25) is 10.0 Å². The van der Waals surface area contributed by atoms with Crippen molar-refractivity contribution in [3.05, 3.63) is 93.5 Å². The Kier molecular flexibility index (Phi) is 10.1. The minimum absolute atomic E-state index is 0.0275. The third kappa shape index (κ3) is 8.00. The summed E-state index contributed by atoms with van der Waals surface area (Å²) in [6.07, 6.45) is 2.28. The molecule has 0 bridgehead atoms. The fourth-order valence-corrected chi connectivity index (χ4v) is 6.72. The predicted molar refractivity (Wildman–Crippen MR) is 147 cm³/mol. The summed E-state index contributed by atoms with van der Waals surface area (Å²) in [7, 11) is -2.64. The van der Waals surface area contributed by atoms with Crippen molar-refractivity contribution >= 4 is 58.4 Å². The number of carboxylic acids is 1. The molecule has 7 nitrogen and oxygen atoms in total. The van der Waals surface area contributed by atoms with Crippen molar-refractivity contribution in [3.63, 3.8) is 0 Å². The van der Waals surface area contributed by atoms with Crippen LogP contribution in [-0.4, -0.2) is 51.0 Å². The molecule has 0 saturated heterocycles. The van der Waals surface area contributed by atoms with E-state index >= 15 is 0 Å². The lowest BCUT2D eigenvalue weighted by Crippen LogP contribution is -2.42. The van der Waals surface area contributed by atoms with E-state index in [4.69, 9.17) is 27.7 Å². The second kappa shape index (κ2) is 12.9. The number of aryl methyl sites for hydroxylation is 1. The number of halogens is 2. The zero-order valence-corrected chi connectivity index (χ0v) is 23.4. The van der Waals surface area contributed by atoms with E-state index in [9.17, 15) is 23.1 Å². The molecule has 2 N–H and O–H groups in total. The maximum atomic E-state index is 13.0. The van der Waals surface area contributed by atoms with Crippen molar-refractivity contribution in [2.24, 2.45) is 0 Å². The lowest BCUT2D eigenvalue weighted by atomic mass is 10.0. The van der Waals surface area contributed by atoms with E-state index in [2.05, 4.69) is 5.32 Å². The van der Waals surface area contributed by atoms with Gasteiger partial charge >= 0.3 is 5.97 Å². The Morgan fingerprint density at radius 2 is 1.65 bits per heavy atom. The Hall–Kier alpha value is -2.48. The van der Waals surface area contributed by atoms with Gasteiger partial charge in [0.15, 0.2) is 9.84 Å². The van der Waals surface area contributed by atoms with Crippen LogP contribution in [-0.2, 0) is 32.0 Å². The normalized spacial score (nSPS) is 13.1. The number of carbonyl (C=O) groups is 2. The van der Waals surface area contributed by atoms with Gasteiger partial charge in [-0.05, 0) is 41.8 Å². The van der Waals surface area contributed by atoms with E-state index in [1.54, 1.807) is 25.3 Å². The van der Waals surface area contributed by atoms with E-state index in [0.29, 0.717) is 12.0 Å². The molecule has 1 amide bonds. The summed E-state index contributed by atoms with van der Waals surface area (Å²) in [6, 6.07) is 17.8. The lowest BCUT2D eigenvalue weighted by molar-refractivity contribution is -0.139. The number of hydrogen-bond donors (Lipinski definition) is 2. The largest absolute Gasteiger partial charge is 0.480 e. The topological polar surface area (TPSA) is 110 Å². The first-order valence-electron chi connectivity index (χ1n) is 11.2. The molecule has 0 aliphatic carbocycles. The number of amides is 1. The Morgan fingerprint density at radius 3 is 2.22 bits per heavy atom. The average molecular weight is 582 g/mol. The van der Waals surface area contributed by atoms with E-state index in [1.165, 1.54) is 18.2 Å². The summed E-state index contributed by atoms with van der Waals surface area (Å²) in [5.41, 5.74) is 1.23. The van der Waals surface area contributed by atoms with Gasteiger partial charge in [-0.2, -0.15) is 0 Å². The molecule has 196 valence electrons. The lowest BCUT2D eigenvalue weighted by Gasteiger charge is -2.18. The zero-order chi connectivity index (χ0) is 27.2. The Labute approximate surface area is 227 Å². The standard InChI is InChI=1S/C26H26Cl2NO6PS/c1-35-36(19-8-4-3-5-9-19)12-11-18-14-21(27)24(22(28)15-18)25(30)29-23(26(31)32)16-17-7-6-10-20(13-17)37(2,33)34/h3-10,13-15,23H,11-12,16H2,1-2H3,(H,29,30)(H,31,32). The molecule has 0 heterocycles. The van der Waals surface area contributed by atoms with Crippen LogP contribution < -0.4 is 10.6 Å². The van der Waals surface area contributed by atoms with Gasteiger partial charge in [-0.25, -0.2) is 13.2 Å². The number of carbonyl (C=O) groups excluding carboxylic acids is 1. The summed E-state index contributed by atoms with van der Waals surface area (Å²) in [5, 5.41) is 13.4. The molecule has 0 fully saturated rings. The first kappa shape index (κ1) is 29.1. The monoisotopic (exact) mass is 581 g/mol. The first-order valence-corrected chi connectivity index (χ1v) is 15.3. The molecular formula is C26H26Cl2NO6PS. The van der Waals surface area contributed by atoms with E-state index in [-0.39, 0.29) is 26.9 Å². The number of aliphatic carboxylic acids is 1. The van der Waals surface area contributed by atoms with Gasteiger partial charge in [-0.1, -0.05) is 65.7 Å². The van der Waals surface area contributed by atoms with Crippen molar-refractivity contribution in [2.45, 2.75) is 23.8 Å². The third-order valence-electron chi connectivity index (χ3n) is 5.57. The maximum Gasteiger partial charge on any atom is 0.326 e. The minimum Gasteiger partial charge on any atom is -0.480 e. The van der Waals surface area contributed by atoms with Crippen molar-refractivity contribution in [1.82, 2.24) is 5.32 Å². The fourth-order valence-electron chi connectivity index (χ4n) is 3.71. The summed E-state index contributed by atoms with van der Waals surface area (Å²) >= 11 is 12.8. The summed E-state index contributed by atoms with van der Waals surface area (Å²) in [5.74, 6) is -2.02. The summed E-state index contributed by atoms with van der Waals surface area (Å²) in [4.78, 5) is 24.9. The van der Waals surface area contributed by atoms with Gasteiger partial charge in [0.1, 0.15) is 6.04 Å². The van der Waals surface area contributed by atoms with Gasteiger partial charge in [-0.15, -0.1) is 0 Å². The van der Waals surface area contributed by atoms with Gasteiger partial charge in [-0.3, -0.25) is 4.79 Å². The molecular weight excluding hydrogens is 556 g/mol. The highest BCUT2D eigenvalue weighted by atomic mass is 35.5. The molecule has 0 aliphatic rings. The average Bonchev–Trinajstić information content (AvgIpc) is 2.84. The number of sulfone groups is 1. The molecule has 0 aromatic heterocycles. The van der Waals surface area contributed by atoms with Gasteiger partial charge in [0.2, 0.25) is 0 Å². The number of rotatable bonds is 11. The molecule has 3 aromatic carbocycles. The zero-order valence-electron chi connectivity index (χ0n) is 20.1. The van der Waals surface area contributed by atoms with Crippen LogP contribution in [0.5, 0.6) is 0 Å². The Bertz CT molecular complexity index is 1360. The van der Waals surface area contributed by atoms with E-state index in [1.807, 2.05) is 30.3 Å². The highest BCUT2D eigenvalue weighted by Gasteiger charge is 2.25. The molecule has 0 aliphatic heterocycles. The highest BCUT2D eigenvalue weighted by Crippen LogP contribution is 2.36. The van der Waals surface area contributed by atoms with Crippen molar-refractivity contribution in [1.29, 1.82) is 0 Å². The second-order valence-corrected chi connectivity index (χ2v) is 13.2. The Morgan fingerprint density at radius 1 is 1.00 bits per heavy atom. The van der Waals surface area contributed by atoms with Crippen LogP contribution in [0, 0.1) is 0 Å². The van der Waals surface area contributed by atoms with Gasteiger partial charge in [0.25, 0.3) is 5.91 Å². The number of benzene rings is 3. The van der Waals surface area contributed by atoms with E-state index in [0.717, 1.165) is 23.3 Å². The first-order chi connectivity index (χ1) is 17.5. The van der Waals surface area contributed by atoms with Crippen LogP contribution in [0.4, 0.5) is 0 Å². The molecule has 11 heteroatoms. The number of hydrogen-bond acceptors (Lipinski definition) is 5. The van der Waals surface area contributed by atoms with Gasteiger partial charge in [0.05, 0.1) is 28.7 Å². The van der Waals surface area contributed by atoms with Crippen LogP contribution in [0.25, 0.3) is 0 Å².